The third-order valence-corrected chi connectivity index (χ3v) is 2.84. The lowest BCUT2D eigenvalue weighted by Gasteiger charge is -1.93. The van der Waals surface area contributed by atoms with Gasteiger partial charge in [-0.3, -0.25) is 4.98 Å². The molecule has 1 saturated carbocycles. The van der Waals surface area contributed by atoms with Crippen LogP contribution in [0.25, 0.3) is 10.9 Å². The van der Waals surface area contributed by atoms with Gasteiger partial charge in [0.25, 0.3) is 0 Å². The van der Waals surface area contributed by atoms with Gasteiger partial charge in [-0.15, -0.1) is 0 Å². The van der Waals surface area contributed by atoms with E-state index in [1.165, 1.54) is 29.3 Å². The Balaban J connectivity index is 0.000000330. The van der Waals surface area contributed by atoms with E-state index >= 15 is 0 Å². The first kappa shape index (κ1) is 13.8. The zero-order valence-corrected chi connectivity index (χ0v) is 11.7. The largest absolute Gasteiger partial charge is 0.349 e. The molecule has 0 unspecified atom stereocenters. The van der Waals surface area contributed by atoms with Crippen LogP contribution in [0.3, 0.4) is 0 Å². The molecule has 2 heteroatoms. The highest BCUT2D eigenvalue weighted by atomic mass is 14.9. The molecule has 94 valence electrons. The zero-order chi connectivity index (χ0) is 12.8. The first-order valence-electron chi connectivity index (χ1n) is 6.75. The van der Waals surface area contributed by atoms with Gasteiger partial charge in [0, 0.05) is 24.8 Å². The molecular formula is C15H24N2. The summed E-state index contributed by atoms with van der Waals surface area (Å²) >= 11 is 0. The minimum Gasteiger partial charge on any atom is -0.349 e. The van der Waals surface area contributed by atoms with Crippen LogP contribution in [-0.4, -0.2) is 9.55 Å². The summed E-state index contributed by atoms with van der Waals surface area (Å²) in [5.74, 6) is 0.825. The Morgan fingerprint density at radius 1 is 1.18 bits per heavy atom. The second-order valence-corrected chi connectivity index (χ2v) is 3.86. The van der Waals surface area contributed by atoms with Crippen LogP contribution >= 0.6 is 0 Å². The molecule has 0 radical (unpaired) electrons. The molecular weight excluding hydrogens is 208 g/mol. The fraction of sp³-hybridized carbons (Fsp3) is 0.533. The molecule has 0 spiro atoms. The lowest BCUT2D eigenvalue weighted by atomic mass is 10.1. The Morgan fingerprint density at radius 2 is 1.82 bits per heavy atom. The molecule has 2 aromatic rings. The minimum absolute atomic E-state index is 0.825. The van der Waals surface area contributed by atoms with Crippen molar-refractivity contribution in [1.82, 2.24) is 9.55 Å². The molecule has 3 rings (SSSR count). The van der Waals surface area contributed by atoms with Gasteiger partial charge in [-0.1, -0.05) is 27.7 Å². The smallest absolute Gasteiger partial charge is 0.0667 e. The first-order chi connectivity index (χ1) is 8.36. The Bertz CT molecular complexity index is 453. The Hall–Kier alpha value is -1.31. The van der Waals surface area contributed by atoms with E-state index in [1.54, 1.807) is 0 Å². The molecule has 1 aliphatic rings. The van der Waals surface area contributed by atoms with E-state index < -0.39 is 0 Å². The van der Waals surface area contributed by atoms with Crippen molar-refractivity contribution in [1.29, 1.82) is 0 Å². The van der Waals surface area contributed by atoms with E-state index in [2.05, 4.69) is 28.9 Å². The van der Waals surface area contributed by atoms with Crippen LogP contribution in [0.4, 0.5) is 0 Å². The first-order valence-corrected chi connectivity index (χ1v) is 6.75. The number of hydrogen-bond donors (Lipinski definition) is 0. The third kappa shape index (κ3) is 2.87. The summed E-state index contributed by atoms with van der Waals surface area (Å²) in [4.78, 5) is 4.15. The molecule has 0 amide bonds. The van der Waals surface area contributed by atoms with Gasteiger partial charge in [0.2, 0.25) is 0 Å². The van der Waals surface area contributed by atoms with Gasteiger partial charge in [0.1, 0.15) is 0 Å². The molecule has 1 aliphatic carbocycles. The van der Waals surface area contributed by atoms with Crippen LogP contribution in [0, 0.1) is 0 Å². The van der Waals surface area contributed by atoms with Gasteiger partial charge in [-0.05, 0) is 30.4 Å². The van der Waals surface area contributed by atoms with E-state index in [9.17, 15) is 0 Å². The summed E-state index contributed by atoms with van der Waals surface area (Å²) in [6, 6.07) is 2.13. The number of aryl methyl sites for hydroxylation is 1. The van der Waals surface area contributed by atoms with Crippen LogP contribution in [-0.2, 0) is 7.05 Å². The van der Waals surface area contributed by atoms with E-state index in [1.807, 2.05) is 40.1 Å². The summed E-state index contributed by atoms with van der Waals surface area (Å²) in [5, 5.41) is 1.39. The topological polar surface area (TPSA) is 17.8 Å². The van der Waals surface area contributed by atoms with Crippen LogP contribution in [0.5, 0.6) is 0 Å². The molecule has 0 aliphatic heterocycles. The molecule has 1 fully saturated rings. The average molecular weight is 232 g/mol. The maximum Gasteiger partial charge on any atom is 0.0667 e. The highest BCUT2D eigenvalue weighted by Crippen LogP contribution is 2.43. The van der Waals surface area contributed by atoms with Gasteiger partial charge in [-0.25, -0.2) is 0 Å². The fourth-order valence-electron chi connectivity index (χ4n) is 1.98. The standard InChI is InChI=1S/C11H12N2.2C2H6/c1-13-7-10(8-2-3-8)9-4-5-12-6-11(9)13;2*1-2/h4-8H,2-3H2,1H3;2*1-2H3. The molecule has 2 heterocycles. The van der Waals surface area contributed by atoms with Crippen molar-refractivity contribution >= 4 is 10.9 Å². The maximum absolute atomic E-state index is 4.15. The predicted molar refractivity (Wildman–Crippen MR) is 75.4 cm³/mol. The highest BCUT2D eigenvalue weighted by Gasteiger charge is 2.26. The molecule has 2 nitrogen and oxygen atoms in total. The van der Waals surface area contributed by atoms with Crippen molar-refractivity contribution in [3.05, 3.63) is 30.2 Å². The van der Waals surface area contributed by atoms with E-state index in [0.717, 1.165) is 5.92 Å². The van der Waals surface area contributed by atoms with Gasteiger partial charge >= 0.3 is 0 Å². The van der Waals surface area contributed by atoms with E-state index in [0.29, 0.717) is 0 Å². The molecule has 0 bridgehead atoms. The third-order valence-electron chi connectivity index (χ3n) is 2.84. The molecule has 17 heavy (non-hydrogen) atoms. The Morgan fingerprint density at radius 3 is 2.41 bits per heavy atom. The maximum atomic E-state index is 4.15. The van der Waals surface area contributed by atoms with Gasteiger partial charge in [-0.2, -0.15) is 0 Å². The number of aromatic nitrogens is 2. The lowest BCUT2D eigenvalue weighted by Crippen LogP contribution is -1.83. The second-order valence-electron chi connectivity index (χ2n) is 3.86. The van der Waals surface area contributed by atoms with Crippen molar-refractivity contribution in [2.24, 2.45) is 7.05 Å². The number of rotatable bonds is 1. The predicted octanol–water partition coefficient (Wildman–Crippen LogP) is 4.50. The summed E-state index contributed by atoms with van der Waals surface area (Å²) in [6.07, 6.45) is 8.81. The van der Waals surface area contributed by atoms with Crippen LogP contribution < -0.4 is 0 Å². The van der Waals surface area contributed by atoms with E-state index in [4.69, 9.17) is 0 Å². The molecule has 0 saturated heterocycles. The second kappa shape index (κ2) is 6.43. The normalized spacial score (nSPS) is 13.5. The van der Waals surface area contributed by atoms with Crippen LogP contribution in [0.1, 0.15) is 52.0 Å². The fourth-order valence-corrected chi connectivity index (χ4v) is 1.98. The number of nitrogens with zero attached hydrogens (tertiary/aromatic N) is 2. The SMILES string of the molecule is CC.CC.Cn1cc(C2CC2)c2ccncc21. The average Bonchev–Trinajstić information content (AvgIpc) is 3.20. The minimum atomic E-state index is 0.825. The van der Waals surface area contributed by atoms with Crippen LogP contribution in [0.15, 0.2) is 24.7 Å². The molecule has 0 aromatic carbocycles. The Kier molecular flexibility index (Phi) is 5.20. The number of pyridine rings is 1. The van der Waals surface area contributed by atoms with Crippen LogP contribution in [0.2, 0.25) is 0 Å². The summed E-state index contributed by atoms with van der Waals surface area (Å²) in [5.41, 5.74) is 2.77. The molecule has 0 atom stereocenters. The number of hydrogen-bond acceptors (Lipinski definition) is 1. The van der Waals surface area contributed by atoms with Crippen molar-refractivity contribution in [3.63, 3.8) is 0 Å². The van der Waals surface area contributed by atoms with Crippen molar-refractivity contribution in [2.45, 2.75) is 46.5 Å². The Labute approximate surface area is 105 Å². The molecule has 0 N–H and O–H groups in total. The quantitative estimate of drug-likeness (QED) is 0.707. The van der Waals surface area contributed by atoms with Gasteiger partial charge in [0.15, 0.2) is 0 Å². The molecule has 2 aromatic heterocycles. The van der Waals surface area contributed by atoms with Crippen molar-refractivity contribution in [3.8, 4) is 0 Å². The van der Waals surface area contributed by atoms with Crippen molar-refractivity contribution in [2.75, 3.05) is 0 Å². The van der Waals surface area contributed by atoms with Gasteiger partial charge < -0.3 is 4.57 Å². The zero-order valence-electron chi connectivity index (χ0n) is 11.7. The lowest BCUT2D eigenvalue weighted by molar-refractivity contribution is 0.950. The van der Waals surface area contributed by atoms with E-state index in [-0.39, 0.29) is 0 Å². The highest BCUT2D eigenvalue weighted by molar-refractivity contribution is 5.83. The van der Waals surface area contributed by atoms with Gasteiger partial charge in [0.05, 0.1) is 11.7 Å². The monoisotopic (exact) mass is 232 g/mol. The summed E-state index contributed by atoms with van der Waals surface area (Å²) in [7, 11) is 2.09. The summed E-state index contributed by atoms with van der Waals surface area (Å²) in [6.45, 7) is 8.00. The summed E-state index contributed by atoms with van der Waals surface area (Å²) < 4.78 is 2.18. The number of fused-ring (bicyclic) bond motifs is 1. The van der Waals surface area contributed by atoms with Crippen molar-refractivity contribution < 1.29 is 0 Å².